The Morgan fingerprint density at radius 1 is 0.944 bits per heavy atom. The molecule has 1 N–H and O–H groups in total. The first-order chi connectivity index (χ1) is 17.5. The maximum atomic E-state index is 14.0. The van der Waals surface area contributed by atoms with E-state index in [-0.39, 0.29) is 11.8 Å². The predicted molar refractivity (Wildman–Crippen MR) is 138 cm³/mol. The van der Waals surface area contributed by atoms with Crippen LogP contribution in [0.4, 0.5) is 0 Å². The molecular formula is C30H32N2O4. The number of carboxylic acid groups (broad SMARTS) is 1. The number of carboxylic acids is 1. The fourth-order valence-corrected chi connectivity index (χ4v) is 5.85. The second-order valence-corrected chi connectivity index (χ2v) is 9.93. The summed E-state index contributed by atoms with van der Waals surface area (Å²) in [6, 6.07) is 25.5. The van der Waals surface area contributed by atoms with E-state index in [0.29, 0.717) is 18.7 Å². The molecule has 3 aromatic carbocycles. The molecule has 0 aromatic heterocycles. The number of likely N-dealkylation sites (tertiary alicyclic amines) is 2. The molecule has 1 spiro atoms. The molecule has 2 saturated heterocycles. The number of piperidine rings is 1. The van der Waals surface area contributed by atoms with E-state index in [9.17, 15) is 9.59 Å². The molecule has 0 unspecified atom stereocenters. The van der Waals surface area contributed by atoms with Crippen LogP contribution in [0.1, 0.15) is 45.8 Å². The van der Waals surface area contributed by atoms with Crippen LogP contribution >= 0.6 is 0 Å². The summed E-state index contributed by atoms with van der Waals surface area (Å²) >= 11 is 0. The van der Waals surface area contributed by atoms with Crippen LogP contribution in [0, 0.1) is 5.41 Å². The molecule has 1 atom stereocenters. The number of hydrogen-bond acceptors (Lipinski definition) is 4. The highest BCUT2D eigenvalue weighted by Crippen LogP contribution is 2.51. The molecule has 3 aromatic rings. The van der Waals surface area contributed by atoms with Crippen molar-refractivity contribution in [1.82, 2.24) is 9.80 Å². The number of amides is 1. The van der Waals surface area contributed by atoms with E-state index < -0.39 is 11.4 Å². The zero-order valence-electron chi connectivity index (χ0n) is 20.6. The molecule has 0 saturated carbocycles. The molecule has 36 heavy (non-hydrogen) atoms. The normalized spacial score (nSPS) is 19.5. The van der Waals surface area contributed by atoms with E-state index in [4.69, 9.17) is 9.84 Å². The first kappa shape index (κ1) is 24.1. The van der Waals surface area contributed by atoms with Gasteiger partial charge in [-0.2, -0.15) is 0 Å². The third kappa shape index (κ3) is 4.73. The van der Waals surface area contributed by atoms with Gasteiger partial charge in [0.25, 0.3) is 0 Å². The van der Waals surface area contributed by atoms with E-state index in [0.717, 1.165) is 54.9 Å². The average molecular weight is 485 g/mol. The van der Waals surface area contributed by atoms with Crippen molar-refractivity contribution in [3.05, 3.63) is 101 Å². The lowest BCUT2D eigenvalue weighted by Gasteiger charge is -2.41. The quantitative estimate of drug-likeness (QED) is 0.522. The van der Waals surface area contributed by atoms with Gasteiger partial charge in [-0.15, -0.1) is 0 Å². The predicted octanol–water partition coefficient (Wildman–Crippen LogP) is 4.80. The molecule has 0 aliphatic carbocycles. The summed E-state index contributed by atoms with van der Waals surface area (Å²) in [4.78, 5) is 29.6. The summed E-state index contributed by atoms with van der Waals surface area (Å²) in [5.41, 5.74) is 3.27. The minimum absolute atomic E-state index is 0.112. The van der Waals surface area contributed by atoms with E-state index >= 15 is 0 Å². The van der Waals surface area contributed by atoms with Crippen LogP contribution in [-0.2, 0) is 17.9 Å². The molecule has 6 heteroatoms. The Kier molecular flexibility index (Phi) is 6.79. The van der Waals surface area contributed by atoms with Crippen molar-refractivity contribution >= 4 is 11.9 Å². The number of hydrogen-bond donors (Lipinski definition) is 1. The summed E-state index contributed by atoms with van der Waals surface area (Å²) in [6.07, 6.45) is 1.60. The van der Waals surface area contributed by atoms with Gasteiger partial charge in [-0.05, 0) is 66.9 Å². The lowest BCUT2D eigenvalue weighted by molar-refractivity contribution is -0.139. The Hall–Kier alpha value is -3.64. The standard InChI is InChI=1S/C30H32N2O4/c1-36-26-9-5-8-25(18-26)27-21-32(20-22-6-3-2-4-7-22)29(35)30(27)14-16-31(17-15-30)19-23-10-12-24(13-11-23)28(33)34/h2-13,18,27H,14-17,19-21H2,1H3,(H,33,34)/t27-/m1/s1. The van der Waals surface area contributed by atoms with Crippen molar-refractivity contribution in [2.24, 2.45) is 5.41 Å². The molecular weight excluding hydrogens is 452 g/mol. The summed E-state index contributed by atoms with van der Waals surface area (Å²) in [5, 5.41) is 9.15. The van der Waals surface area contributed by atoms with Gasteiger partial charge in [0.2, 0.25) is 5.91 Å². The van der Waals surface area contributed by atoms with Crippen molar-refractivity contribution in [1.29, 1.82) is 0 Å². The van der Waals surface area contributed by atoms with Crippen LogP contribution in [0.15, 0.2) is 78.9 Å². The molecule has 186 valence electrons. The van der Waals surface area contributed by atoms with Gasteiger partial charge in [-0.3, -0.25) is 9.69 Å². The maximum absolute atomic E-state index is 14.0. The van der Waals surface area contributed by atoms with Crippen molar-refractivity contribution in [3.63, 3.8) is 0 Å². The monoisotopic (exact) mass is 484 g/mol. The minimum Gasteiger partial charge on any atom is -0.497 e. The van der Waals surface area contributed by atoms with Crippen molar-refractivity contribution in [3.8, 4) is 5.75 Å². The molecule has 0 radical (unpaired) electrons. The highest BCUT2D eigenvalue weighted by Gasteiger charge is 2.55. The van der Waals surface area contributed by atoms with Crippen molar-refractivity contribution in [2.75, 3.05) is 26.7 Å². The third-order valence-electron chi connectivity index (χ3n) is 7.85. The largest absolute Gasteiger partial charge is 0.497 e. The molecule has 6 nitrogen and oxygen atoms in total. The van der Waals surface area contributed by atoms with Crippen LogP contribution in [-0.4, -0.2) is 53.5 Å². The summed E-state index contributed by atoms with van der Waals surface area (Å²) in [6.45, 7) is 3.74. The number of aromatic carboxylic acids is 1. The number of ether oxygens (including phenoxy) is 1. The first-order valence-corrected chi connectivity index (χ1v) is 12.5. The Morgan fingerprint density at radius 2 is 1.64 bits per heavy atom. The zero-order chi connectivity index (χ0) is 25.1. The minimum atomic E-state index is -0.912. The lowest BCUT2D eigenvalue weighted by Crippen LogP contribution is -2.46. The average Bonchev–Trinajstić information content (AvgIpc) is 3.17. The van der Waals surface area contributed by atoms with E-state index in [1.807, 2.05) is 47.4 Å². The highest BCUT2D eigenvalue weighted by molar-refractivity contribution is 5.87. The van der Waals surface area contributed by atoms with Crippen LogP contribution in [0.3, 0.4) is 0 Å². The summed E-state index contributed by atoms with van der Waals surface area (Å²) in [5.74, 6) is 0.272. The number of rotatable bonds is 7. The SMILES string of the molecule is COc1cccc([C@H]2CN(Cc3ccccc3)C(=O)C23CCN(Cc2ccc(C(=O)O)cc2)CC3)c1. The van der Waals surface area contributed by atoms with Crippen molar-refractivity contribution < 1.29 is 19.4 Å². The van der Waals surface area contributed by atoms with Gasteiger partial charge < -0.3 is 14.7 Å². The summed E-state index contributed by atoms with van der Waals surface area (Å²) in [7, 11) is 1.68. The molecule has 2 heterocycles. The number of methoxy groups -OCH3 is 1. The zero-order valence-corrected chi connectivity index (χ0v) is 20.6. The van der Waals surface area contributed by atoms with Gasteiger partial charge >= 0.3 is 5.97 Å². The molecule has 2 fully saturated rings. The van der Waals surface area contributed by atoms with Gasteiger partial charge in [0.05, 0.1) is 18.1 Å². The Balaban J connectivity index is 1.36. The smallest absolute Gasteiger partial charge is 0.335 e. The number of carbonyl (C=O) groups is 2. The summed E-state index contributed by atoms with van der Waals surface area (Å²) < 4.78 is 5.50. The highest BCUT2D eigenvalue weighted by atomic mass is 16.5. The number of benzene rings is 3. The van der Waals surface area contributed by atoms with Crippen LogP contribution in [0.25, 0.3) is 0 Å². The van der Waals surface area contributed by atoms with Crippen LogP contribution in [0.2, 0.25) is 0 Å². The van der Waals surface area contributed by atoms with Crippen molar-refractivity contribution in [2.45, 2.75) is 31.8 Å². The van der Waals surface area contributed by atoms with E-state index in [1.54, 1.807) is 19.2 Å². The Morgan fingerprint density at radius 3 is 2.31 bits per heavy atom. The van der Waals surface area contributed by atoms with Gasteiger partial charge in [0.1, 0.15) is 5.75 Å². The number of nitrogens with zero attached hydrogens (tertiary/aromatic N) is 2. The fourth-order valence-electron chi connectivity index (χ4n) is 5.85. The fraction of sp³-hybridized carbons (Fsp3) is 0.333. The molecule has 5 rings (SSSR count). The molecule has 2 aliphatic heterocycles. The van der Waals surface area contributed by atoms with Crippen LogP contribution < -0.4 is 4.74 Å². The lowest BCUT2D eigenvalue weighted by atomic mass is 9.68. The van der Waals surface area contributed by atoms with Gasteiger partial charge in [0, 0.05) is 25.6 Å². The van der Waals surface area contributed by atoms with E-state index in [1.165, 1.54) is 0 Å². The van der Waals surface area contributed by atoms with Crippen LogP contribution in [0.5, 0.6) is 5.75 Å². The second kappa shape index (κ2) is 10.2. The second-order valence-electron chi connectivity index (χ2n) is 9.93. The maximum Gasteiger partial charge on any atom is 0.335 e. The number of carbonyl (C=O) groups excluding carboxylic acids is 1. The molecule has 1 amide bonds. The molecule has 0 bridgehead atoms. The Bertz CT molecular complexity index is 1220. The van der Waals surface area contributed by atoms with Gasteiger partial charge in [0.15, 0.2) is 0 Å². The topological polar surface area (TPSA) is 70.1 Å². The van der Waals surface area contributed by atoms with E-state index in [2.05, 4.69) is 29.2 Å². The Labute approximate surface area is 212 Å². The first-order valence-electron chi connectivity index (χ1n) is 12.5. The van der Waals surface area contributed by atoms with Gasteiger partial charge in [-0.25, -0.2) is 4.79 Å². The molecule has 2 aliphatic rings. The third-order valence-corrected chi connectivity index (χ3v) is 7.85. The van der Waals surface area contributed by atoms with Gasteiger partial charge in [-0.1, -0.05) is 54.6 Å².